The minimum absolute atomic E-state index is 0.637. The van der Waals surface area contributed by atoms with E-state index >= 15 is 0 Å². The van der Waals surface area contributed by atoms with E-state index in [0.29, 0.717) is 24.7 Å². The van der Waals surface area contributed by atoms with Crippen molar-refractivity contribution in [1.29, 1.82) is 0 Å². The summed E-state index contributed by atoms with van der Waals surface area (Å²) < 4.78 is 15.5. The summed E-state index contributed by atoms with van der Waals surface area (Å²) in [6.07, 6.45) is 0. The maximum Gasteiger partial charge on any atom is 0.161 e. The lowest BCUT2D eigenvalue weighted by atomic mass is 10.1. The Balaban J connectivity index is 2.15. The van der Waals surface area contributed by atoms with Gasteiger partial charge in [0.1, 0.15) is 5.82 Å². The van der Waals surface area contributed by atoms with Crippen LogP contribution in [0.1, 0.15) is 0 Å². The molecule has 0 unspecified atom stereocenters. The molecule has 0 saturated carbocycles. The summed E-state index contributed by atoms with van der Waals surface area (Å²) in [7, 11) is 4.90. The van der Waals surface area contributed by atoms with Crippen molar-refractivity contribution in [3.63, 3.8) is 0 Å². The fraction of sp³-hybridized carbons (Fsp3) is 0.357. The van der Waals surface area contributed by atoms with Crippen LogP contribution in [0.15, 0.2) is 24.3 Å². The van der Waals surface area contributed by atoms with Gasteiger partial charge in [-0.05, 0) is 18.2 Å². The third kappa shape index (κ3) is 3.21. The molecule has 0 aliphatic heterocycles. The standard InChI is InChI=1S/C14H19N3O3/c1-18-7-6-15-14-9-11(16-17-14)10-4-5-12(19-2)13(8-10)20-3/h4-5,8-9H,6-7H2,1-3H3,(H2,15,16,17). The summed E-state index contributed by atoms with van der Waals surface area (Å²) in [5, 5.41) is 10.4. The Morgan fingerprint density at radius 1 is 1.10 bits per heavy atom. The molecule has 6 heteroatoms. The average molecular weight is 277 g/mol. The number of rotatable bonds is 7. The number of H-pyrrole nitrogens is 1. The lowest BCUT2D eigenvalue weighted by Gasteiger charge is -2.08. The van der Waals surface area contributed by atoms with Gasteiger partial charge in [-0.1, -0.05) is 0 Å². The Kier molecular flexibility index (Phi) is 4.84. The quantitative estimate of drug-likeness (QED) is 0.759. The van der Waals surface area contributed by atoms with E-state index in [1.54, 1.807) is 21.3 Å². The van der Waals surface area contributed by atoms with E-state index in [1.807, 2.05) is 24.3 Å². The van der Waals surface area contributed by atoms with Crippen LogP contribution in [0.2, 0.25) is 0 Å². The number of hydrogen-bond donors (Lipinski definition) is 2. The van der Waals surface area contributed by atoms with Crippen molar-refractivity contribution in [3.8, 4) is 22.8 Å². The van der Waals surface area contributed by atoms with Crippen molar-refractivity contribution in [2.45, 2.75) is 0 Å². The molecular formula is C14H19N3O3. The van der Waals surface area contributed by atoms with Gasteiger partial charge in [0.25, 0.3) is 0 Å². The lowest BCUT2D eigenvalue weighted by molar-refractivity contribution is 0.210. The van der Waals surface area contributed by atoms with Gasteiger partial charge in [-0.15, -0.1) is 0 Å². The van der Waals surface area contributed by atoms with Crippen molar-refractivity contribution in [2.75, 3.05) is 39.8 Å². The fourth-order valence-electron chi connectivity index (χ4n) is 1.85. The number of nitrogens with one attached hydrogen (secondary N) is 2. The molecule has 2 aromatic rings. The molecule has 0 amide bonds. The van der Waals surface area contributed by atoms with Gasteiger partial charge in [-0.25, -0.2) is 0 Å². The summed E-state index contributed by atoms with van der Waals surface area (Å²) in [5.74, 6) is 2.18. The molecule has 108 valence electrons. The van der Waals surface area contributed by atoms with Gasteiger partial charge in [0.15, 0.2) is 11.5 Å². The first-order chi connectivity index (χ1) is 9.78. The maximum absolute atomic E-state index is 5.29. The van der Waals surface area contributed by atoms with Crippen LogP contribution < -0.4 is 14.8 Å². The van der Waals surface area contributed by atoms with Gasteiger partial charge in [0.05, 0.1) is 26.5 Å². The molecule has 20 heavy (non-hydrogen) atoms. The number of hydrogen-bond acceptors (Lipinski definition) is 5. The van der Waals surface area contributed by atoms with Crippen molar-refractivity contribution in [1.82, 2.24) is 10.2 Å². The van der Waals surface area contributed by atoms with Crippen LogP contribution >= 0.6 is 0 Å². The predicted molar refractivity (Wildman–Crippen MR) is 77.5 cm³/mol. The minimum atomic E-state index is 0.637. The van der Waals surface area contributed by atoms with Gasteiger partial charge in [-0.2, -0.15) is 5.10 Å². The number of benzene rings is 1. The molecule has 0 bridgehead atoms. The van der Waals surface area contributed by atoms with Crippen LogP contribution in [0.25, 0.3) is 11.3 Å². The van der Waals surface area contributed by atoms with Crippen LogP contribution in [0, 0.1) is 0 Å². The molecule has 0 atom stereocenters. The molecule has 0 aliphatic carbocycles. The third-order valence-electron chi connectivity index (χ3n) is 2.88. The van der Waals surface area contributed by atoms with Crippen molar-refractivity contribution >= 4 is 5.82 Å². The van der Waals surface area contributed by atoms with Crippen LogP contribution in [0.3, 0.4) is 0 Å². The first kappa shape index (κ1) is 14.2. The highest BCUT2D eigenvalue weighted by Gasteiger charge is 2.08. The van der Waals surface area contributed by atoms with E-state index < -0.39 is 0 Å². The zero-order valence-corrected chi connectivity index (χ0v) is 11.9. The minimum Gasteiger partial charge on any atom is -0.493 e. The SMILES string of the molecule is COCCNc1cc(-c2ccc(OC)c(OC)c2)[nH]n1. The molecule has 1 heterocycles. The monoisotopic (exact) mass is 277 g/mol. The van der Waals surface area contributed by atoms with Crippen molar-refractivity contribution < 1.29 is 14.2 Å². The molecule has 0 saturated heterocycles. The lowest BCUT2D eigenvalue weighted by Crippen LogP contribution is -2.07. The first-order valence-electron chi connectivity index (χ1n) is 6.29. The molecule has 0 aliphatic rings. The predicted octanol–water partition coefficient (Wildman–Crippen LogP) is 2.15. The molecule has 2 rings (SSSR count). The van der Waals surface area contributed by atoms with E-state index in [2.05, 4.69) is 15.5 Å². The number of aromatic amines is 1. The Morgan fingerprint density at radius 2 is 1.90 bits per heavy atom. The Labute approximate surface area is 118 Å². The zero-order chi connectivity index (χ0) is 14.4. The van der Waals surface area contributed by atoms with Gasteiger partial charge in [0.2, 0.25) is 0 Å². The summed E-state index contributed by atoms with van der Waals surface area (Å²) >= 11 is 0. The summed E-state index contributed by atoms with van der Waals surface area (Å²) in [4.78, 5) is 0. The van der Waals surface area contributed by atoms with Gasteiger partial charge < -0.3 is 19.5 Å². The number of aromatic nitrogens is 2. The molecular weight excluding hydrogens is 258 g/mol. The second-order valence-corrected chi connectivity index (χ2v) is 4.16. The summed E-state index contributed by atoms with van der Waals surface area (Å²) in [6.45, 7) is 1.35. The Hall–Kier alpha value is -2.21. The topological polar surface area (TPSA) is 68.4 Å². The van der Waals surface area contributed by atoms with Gasteiger partial charge in [-0.3, -0.25) is 5.10 Å². The number of ether oxygens (including phenoxy) is 3. The zero-order valence-electron chi connectivity index (χ0n) is 11.9. The number of anilines is 1. The number of methoxy groups -OCH3 is 3. The second-order valence-electron chi connectivity index (χ2n) is 4.16. The van der Waals surface area contributed by atoms with Crippen molar-refractivity contribution in [3.05, 3.63) is 24.3 Å². The van der Waals surface area contributed by atoms with Crippen LogP contribution in [-0.2, 0) is 4.74 Å². The molecule has 6 nitrogen and oxygen atoms in total. The smallest absolute Gasteiger partial charge is 0.161 e. The molecule has 0 spiro atoms. The normalized spacial score (nSPS) is 10.3. The molecule has 1 aromatic heterocycles. The molecule has 0 fully saturated rings. The maximum atomic E-state index is 5.29. The number of nitrogens with zero attached hydrogens (tertiary/aromatic N) is 1. The van der Waals surface area contributed by atoms with Crippen LogP contribution in [0.4, 0.5) is 5.82 Å². The molecule has 1 aromatic carbocycles. The van der Waals surface area contributed by atoms with E-state index in [9.17, 15) is 0 Å². The summed E-state index contributed by atoms with van der Waals surface area (Å²) in [5.41, 5.74) is 1.89. The highest BCUT2D eigenvalue weighted by molar-refractivity contribution is 5.66. The molecule has 0 radical (unpaired) electrons. The third-order valence-corrected chi connectivity index (χ3v) is 2.88. The largest absolute Gasteiger partial charge is 0.493 e. The molecule has 2 N–H and O–H groups in total. The summed E-state index contributed by atoms with van der Waals surface area (Å²) in [6, 6.07) is 7.67. The van der Waals surface area contributed by atoms with E-state index in [0.717, 1.165) is 17.1 Å². The van der Waals surface area contributed by atoms with Crippen molar-refractivity contribution in [2.24, 2.45) is 0 Å². The first-order valence-corrected chi connectivity index (χ1v) is 6.29. The van der Waals surface area contributed by atoms with E-state index in [4.69, 9.17) is 14.2 Å². The second kappa shape index (κ2) is 6.81. The highest BCUT2D eigenvalue weighted by Crippen LogP contribution is 2.32. The highest BCUT2D eigenvalue weighted by atomic mass is 16.5. The van der Waals surface area contributed by atoms with E-state index in [-0.39, 0.29) is 0 Å². The van der Waals surface area contributed by atoms with Crippen LogP contribution in [-0.4, -0.2) is 44.7 Å². The Bertz CT molecular complexity index is 554. The van der Waals surface area contributed by atoms with Gasteiger partial charge in [0, 0.05) is 25.3 Å². The average Bonchev–Trinajstić information content (AvgIpc) is 2.95. The Morgan fingerprint density at radius 3 is 2.60 bits per heavy atom. The van der Waals surface area contributed by atoms with E-state index in [1.165, 1.54) is 0 Å². The van der Waals surface area contributed by atoms with Crippen LogP contribution in [0.5, 0.6) is 11.5 Å². The van der Waals surface area contributed by atoms with Gasteiger partial charge >= 0.3 is 0 Å². The fourth-order valence-corrected chi connectivity index (χ4v) is 1.85.